The molecule has 0 saturated heterocycles. The van der Waals surface area contributed by atoms with Crippen LogP contribution in [0.25, 0.3) is 0 Å². The SMILES string of the molecule is CCNCCNC(=O)c1ccc(OCC(F)(F)F)nc1.Cl. The van der Waals surface area contributed by atoms with Crippen LogP contribution in [-0.4, -0.2) is 43.3 Å². The lowest BCUT2D eigenvalue weighted by Gasteiger charge is -2.09. The molecule has 1 heterocycles. The number of amides is 1. The topological polar surface area (TPSA) is 63.2 Å². The molecule has 0 aromatic carbocycles. The van der Waals surface area contributed by atoms with Gasteiger partial charge in [0.15, 0.2) is 6.61 Å². The van der Waals surface area contributed by atoms with Gasteiger partial charge in [-0.05, 0) is 12.6 Å². The lowest BCUT2D eigenvalue weighted by Crippen LogP contribution is -2.31. The fourth-order valence-electron chi connectivity index (χ4n) is 1.30. The van der Waals surface area contributed by atoms with Crippen LogP contribution in [0, 0.1) is 0 Å². The Morgan fingerprint density at radius 2 is 2.05 bits per heavy atom. The summed E-state index contributed by atoms with van der Waals surface area (Å²) in [6.07, 6.45) is -3.24. The molecule has 120 valence electrons. The third kappa shape index (κ3) is 8.36. The lowest BCUT2D eigenvalue weighted by molar-refractivity contribution is -0.154. The zero-order valence-electron chi connectivity index (χ0n) is 11.4. The smallest absolute Gasteiger partial charge is 0.422 e. The fourth-order valence-corrected chi connectivity index (χ4v) is 1.30. The highest BCUT2D eigenvalue weighted by Gasteiger charge is 2.28. The standard InChI is InChI=1S/C12H16F3N3O2.ClH/c1-2-16-5-6-17-11(19)9-3-4-10(18-7-9)20-8-12(13,14)15;/h3-4,7,16H,2,5-6,8H2,1H3,(H,17,19);1H. The lowest BCUT2D eigenvalue weighted by atomic mass is 10.2. The van der Waals surface area contributed by atoms with Gasteiger partial charge >= 0.3 is 6.18 Å². The maximum atomic E-state index is 11.9. The third-order valence-electron chi connectivity index (χ3n) is 2.22. The van der Waals surface area contributed by atoms with Crippen LogP contribution >= 0.6 is 12.4 Å². The van der Waals surface area contributed by atoms with Crippen molar-refractivity contribution in [2.45, 2.75) is 13.1 Å². The number of ether oxygens (including phenoxy) is 1. The number of carbonyl (C=O) groups is 1. The minimum absolute atomic E-state index is 0. The summed E-state index contributed by atoms with van der Waals surface area (Å²) in [5.74, 6) is -0.510. The number of pyridine rings is 1. The van der Waals surface area contributed by atoms with Crippen LogP contribution in [0.3, 0.4) is 0 Å². The highest BCUT2D eigenvalue weighted by atomic mass is 35.5. The Balaban J connectivity index is 0.00000400. The Bertz CT molecular complexity index is 427. The van der Waals surface area contributed by atoms with Crippen LogP contribution in [0.1, 0.15) is 17.3 Å². The molecule has 0 fully saturated rings. The fraction of sp³-hybridized carbons (Fsp3) is 0.500. The maximum absolute atomic E-state index is 11.9. The molecule has 1 aromatic rings. The molecular formula is C12H17ClF3N3O2. The van der Waals surface area contributed by atoms with Gasteiger partial charge in [0.25, 0.3) is 5.91 Å². The van der Waals surface area contributed by atoms with E-state index < -0.39 is 12.8 Å². The van der Waals surface area contributed by atoms with E-state index in [1.807, 2.05) is 6.92 Å². The van der Waals surface area contributed by atoms with Gasteiger partial charge in [-0.1, -0.05) is 6.92 Å². The number of carbonyl (C=O) groups excluding carboxylic acids is 1. The van der Waals surface area contributed by atoms with Crippen molar-refractivity contribution in [1.29, 1.82) is 0 Å². The Hall–Kier alpha value is -1.54. The summed E-state index contributed by atoms with van der Waals surface area (Å²) < 4.78 is 40.2. The third-order valence-corrected chi connectivity index (χ3v) is 2.22. The predicted octanol–water partition coefficient (Wildman–Crippen LogP) is 1.78. The largest absolute Gasteiger partial charge is 0.468 e. The van der Waals surface area contributed by atoms with Crippen LogP contribution in [0.5, 0.6) is 5.88 Å². The maximum Gasteiger partial charge on any atom is 0.422 e. The number of hydrogen-bond donors (Lipinski definition) is 2. The van der Waals surface area contributed by atoms with Gasteiger partial charge in [0, 0.05) is 25.4 Å². The van der Waals surface area contributed by atoms with Gasteiger partial charge in [0.05, 0.1) is 5.56 Å². The first-order valence-electron chi connectivity index (χ1n) is 6.07. The number of likely N-dealkylation sites (N-methyl/N-ethyl adjacent to an activating group) is 1. The second-order valence-electron chi connectivity index (χ2n) is 3.90. The molecule has 1 aromatic heterocycles. The van der Waals surface area contributed by atoms with Crippen molar-refractivity contribution in [2.75, 3.05) is 26.2 Å². The van der Waals surface area contributed by atoms with Crippen molar-refractivity contribution in [3.63, 3.8) is 0 Å². The average Bonchev–Trinajstić information content (AvgIpc) is 2.41. The average molecular weight is 328 g/mol. The number of rotatable bonds is 7. The number of nitrogens with one attached hydrogen (secondary N) is 2. The minimum Gasteiger partial charge on any atom is -0.468 e. The second kappa shape index (κ2) is 9.41. The van der Waals surface area contributed by atoms with Gasteiger partial charge in [0.1, 0.15) is 0 Å². The second-order valence-corrected chi connectivity index (χ2v) is 3.90. The summed E-state index contributed by atoms with van der Waals surface area (Å²) >= 11 is 0. The van der Waals surface area contributed by atoms with Crippen molar-refractivity contribution in [1.82, 2.24) is 15.6 Å². The number of aromatic nitrogens is 1. The summed E-state index contributed by atoms with van der Waals surface area (Å²) in [6, 6.07) is 2.59. The van der Waals surface area contributed by atoms with E-state index in [1.165, 1.54) is 18.3 Å². The van der Waals surface area contributed by atoms with Crippen LogP contribution in [-0.2, 0) is 0 Å². The normalized spacial score (nSPS) is 10.7. The van der Waals surface area contributed by atoms with Crippen LogP contribution in [0.15, 0.2) is 18.3 Å². The number of nitrogens with zero attached hydrogens (tertiary/aromatic N) is 1. The predicted molar refractivity (Wildman–Crippen MR) is 73.9 cm³/mol. The molecule has 0 unspecified atom stereocenters. The Morgan fingerprint density at radius 1 is 1.33 bits per heavy atom. The highest BCUT2D eigenvalue weighted by Crippen LogP contribution is 2.16. The van der Waals surface area contributed by atoms with Crippen LogP contribution < -0.4 is 15.4 Å². The highest BCUT2D eigenvalue weighted by molar-refractivity contribution is 5.93. The molecule has 2 N–H and O–H groups in total. The van der Waals surface area contributed by atoms with Crippen molar-refractivity contribution in [3.05, 3.63) is 23.9 Å². The molecule has 0 saturated carbocycles. The molecule has 9 heteroatoms. The zero-order chi connectivity index (χ0) is 15.0. The number of alkyl halides is 3. The molecule has 1 rings (SSSR count). The first-order valence-corrected chi connectivity index (χ1v) is 6.07. The van der Waals surface area contributed by atoms with Crippen molar-refractivity contribution in [2.24, 2.45) is 0 Å². The number of halogens is 4. The van der Waals surface area contributed by atoms with E-state index in [2.05, 4.69) is 20.4 Å². The van der Waals surface area contributed by atoms with E-state index in [4.69, 9.17) is 0 Å². The van der Waals surface area contributed by atoms with E-state index in [-0.39, 0.29) is 29.8 Å². The van der Waals surface area contributed by atoms with Gasteiger partial charge in [-0.2, -0.15) is 13.2 Å². The van der Waals surface area contributed by atoms with E-state index in [0.29, 0.717) is 13.1 Å². The van der Waals surface area contributed by atoms with E-state index >= 15 is 0 Å². The molecule has 21 heavy (non-hydrogen) atoms. The zero-order valence-corrected chi connectivity index (χ0v) is 12.2. The van der Waals surface area contributed by atoms with Crippen molar-refractivity contribution < 1.29 is 22.7 Å². The summed E-state index contributed by atoms with van der Waals surface area (Å²) in [6.45, 7) is 2.45. The van der Waals surface area contributed by atoms with E-state index in [0.717, 1.165) is 6.54 Å². The molecule has 0 bridgehead atoms. The summed E-state index contributed by atoms with van der Waals surface area (Å²) in [5, 5.41) is 5.69. The van der Waals surface area contributed by atoms with Gasteiger partial charge < -0.3 is 15.4 Å². The Morgan fingerprint density at radius 3 is 2.57 bits per heavy atom. The quantitative estimate of drug-likeness (QED) is 0.749. The molecule has 0 spiro atoms. The molecule has 0 atom stereocenters. The Kier molecular flexibility index (Phi) is 8.72. The first-order chi connectivity index (χ1) is 9.42. The molecule has 0 aliphatic carbocycles. The molecule has 0 aliphatic heterocycles. The van der Waals surface area contributed by atoms with Crippen LogP contribution in [0.4, 0.5) is 13.2 Å². The summed E-state index contributed by atoms with van der Waals surface area (Å²) in [5.41, 5.74) is 0.265. The summed E-state index contributed by atoms with van der Waals surface area (Å²) in [7, 11) is 0. The molecular weight excluding hydrogens is 311 g/mol. The first kappa shape index (κ1) is 19.5. The van der Waals surface area contributed by atoms with Gasteiger partial charge in [-0.3, -0.25) is 4.79 Å². The molecule has 1 amide bonds. The molecule has 0 radical (unpaired) electrons. The van der Waals surface area contributed by atoms with Crippen molar-refractivity contribution >= 4 is 18.3 Å². The van der Waals surface area contributed by atoms with Crippen molar-refractivity contribution in [3.8, 4) is 5.88 Å². The molecule has 0 aliphatic rings. The minimum atomic E-state index is -4.41. The van der Waals surface area contributed by atoms with Gasteiger partial charge in [0.2, 0.25) is 5.88 Å². The van der Waals surface area contributed by atoms with Gasteiger partial charge in [-0.15, -0.1) is 12.4 Å². The van der Waals surface area contributed by atoms with E-state index in [9.17, 15) is 18.0 Å². The Labute approximate surface area is 126 Å². The van der Waals surface area contributed by atoms with Crippen LogP contribution in [0.2, 0.25) is 0 Å². The number of hydrogen-bond acceptors (Lipinski definition) is 4. The summed E-state index contributed by atoms with van der Waals surface area (Å²) in [4.78, 5) is 15.3. The van der Waals surface area contributed by atoms with Gasteiger partial charge in [-0.25, -0.2) is 4.98 Å². The molecule has 5 nitrogen and oxygen atoms in total. The monoisotopic (exact) mass is 327 g/mol. The van der Waals surface area contributed by atoms with E-state index in [1.54, 1.807) is 0 Å².